The second-order valence-electron chi connectivity index (χ2n) is 6.45. The minimum atomic E-state index is -3.79. The summed E-state index contributed by atoms with van der Waals surface area (Å²) in [6.45, 7) is 6.01. The van der Waals surface area contributed by atoms with Crippen LogP contribution in [-0.2, 0) is 10.0 Å². The Balaban J connectivity index is 2.46. The maximum absolute atomic E-state index is 13.0. The first-order chi connectivity index (χ1) is 11.2. The normalized spacial score (nSPS) is 13.5. The van der Waals surface area contributed by atoms with Gasteiger partial charge in [-0.2, -0.15) is 0 Å². The van der Waals surface area contributed by atoms with Crippen LogP contribution in [0.15, 0.2) is 40.6 Å². The van der Waals surface area contributed by atoms with Crippen molar-refractivity contribution < 1.29 is 17.9 Å². The number of nitrogens with one attached hydrogen (secondary N) is 1. The first-order valence-electron chi connectivity index (χ1n) is 7.47. The van der Waals surface area contributed by atoms with E-state index in [0.29, 0.717) is 5.75 Å². The van der Waals surface area contributed by atoms with Crippen LogP contribution in [0.1, 0.15) is 31.7 Å². The molecule has 0 saturated heterocycles. The monoisotopic (exact) mass is 369 g/mol. The van der Waals surface area contributed by atoms with Gasteiger partial charge in [0.2, 0.25) is 10.0 Å². The highest BCUT2D eigenvalue weighted by molar-refractivity contribution is 7.89. The van der Waals surface area contributed by atoms with Gasteiger partial charge < -0.3 is 9.47 Å². The van der Waals surface area contributed by atoms with E-state index in [0.717, 1.165) is 4.88 Å². The molecule has 0 fully saturated rings. The fraction of sp³-hybridized carbons (Fsp3) is 0.412. The second kappa shape index (κ2) is 7.13. The molecule has 0 aliphatic rings. The highest BCUT2D eigenvalue weighted by Gasteiger charge is 2.33. The van der Waals surface area contributed by atoms with Crippen molar-refractivity contribution in [1.82, 2.24) is 4.72 Å². The molecule has 1 heterocycles. The molecule has 0 amide bonds. The van der Waals surface area contributed by atoms with E-state index in [1.54, 1.807) is 12.1 Å². The molecule has 0 aliphatic carbocycles. The van der Waals surface area contributed by atoms with Crippen LogP contribution in [0, 0.1) is 5.41 Å². The third kappa shape index (κ3) is 4.09. The van der Waals surface area contributed by atoms with Gasteiger partial charge in [0.15, 0.2) is 0 Å². The highest BCUT2D eigenvalue weighted by Crippen LogP contribution is 2.37. The lowest BCUT2D eigenvalue weighted by Crippen LogP contribution is -2.36. The minimum Gasteiger partial charge on any atom is -0.497 e. The molecule has 0 saturated carbocycles. The predicted octanol–water partition coefficient (Wildman–Crippen LogP) is 3.83. The Kier molecular flexibility index (Phi) is 5.57. The molecule has 7 heteroatoms. The zero-order valence-corrected chi connectivity index (χ0v) is 16.1. The molecule has 1 N–H and O–H groups in total. The Morgan fingerprint density at radius 3 is 2.33 bits per heavy atom. The molecular weight excluding hydrogens is 346 g/mol. The molecule has 0 bridgehead atoms. The fourth-order valence-electron chi connectivity index (χ4n) is 2.33. The second-order valence-corrected chi connectivity index (χ2v) is 9.11. The molecule has 0 radical (unpaired) electrons. The number of hydrogen-bond donors (Lipinski definition) is 1. The van der Waals surface area contributed by atoms with Gasteiger partial charge in [0.05, 0.1) is 20.3 Å². The summed E-state index contributed by atoms with van der Waals surface area (Å²) in [6, 6.07) is 8.22. The lowest BCUT2D eigenvalue weighted by Gasteiger charge is -2.30. The van der Waals surface area contributed by atoms with Crippen LogP contribution < -0.4 is 14.2 Å². The number of thiophene rings is 1. The van der Waals surface area contributed by atoms with E-state index in [4.69, 9.17) is 9.47 Å². The summed E-state index contributed by atoms with van der Waals surface area (Å²) < 4.78 is 39.2. The van der Waals surface area contributed by atoms with E-state index >= 15 is 0 Å². The van der Waals surface area contributed by atoms with Crippen LogP contribution in [-0.4, -0.2) is 22.6 Å². The van der Waals surface area contributed by atoms with Gasteiger partial charge in [0.1, 0.15) is 16.4 Å². The van der Waals surface area contributed by atoms with Crippen LogP contribution in [0.3, 0.4) is 0 Å². The Morgan fingerprint density at radius 2 is 1.83 bits per heavy atom. The van der Waals surface area contributed by atoms with E-state index in [1.807, 2.05) is 38.3 Å². The summed E-state index contributed by atoms with van der Waals surface area (Å²) >= 11 is 1.53. The minimum absolute atomic E-state index is 0.0650. The molecule has 1 aromatic heterocycles. The van der Waals surface area contributed by atoms with Crippen molar-refractivity contribution in [2.45, 2.75) is 31.7 Å². The van der Waals surface area contributed by atoms with Crippen LogP contribution in [0.4, 0.5) is 0 Å². The Morgan fingerprint density at radius 1 is 1.12 bits per heavy atom. The number of hydrogen-bond acceptors (Lipinski definition) is 5. The maximum Gasteiger partial charge on any atom is 0.244 e. The number of methoxy groups -OCH3 is 2. The van der Waals surface area contributed by atoms with Crippen LogP contribution >= 0.6 is 11.3 Å². The highest BCUT2D eigenvalue weighted by atomic mass is 32.2. The molecule has 1 unspecified atom stereocenters. The molecule has 2 rings (SSSR count). The topological polar surface area (TPSA) is 64.6 Å². The van der Waals surface area contributed by atoms with Gasteiger partial charge in [-0.15, -0.1) is 11.3 Å². The number of ether oxygens (including phenoxy) is 2. The molecule has 2 aromatic rings. The third-order valence-electron chi connectivity index (χ3n) is 3.63. The largest absolute Gasteiger partial charge is 0.497 e. The average Bonchev–Trinajstić information content (AvgIpc) is 3.05. The molecular formula is C17H23NO4S2. The van der Waals surface area contributed by atoms with E-state index in [2.05, 4.69) is 4.72 Å². The van der Waals surface area contributed by atoms with E-state index in [9.17, 15) is 8.42 Å². The van der Waals surface area contributed by atoms with E-state index in [1.165, 1.54) is 31.6 Å². The SMILES string of the molecule is COc1ccc(OC)c(S(=O)(=O)NC(c2cccs2)C(C)(C)C)c1. The van der Waals surface area contributed by atoms with Crippen molar-refractivity contribution >= 4 is 21.4 Å². The van der Waals surface area contributed by atoms with Gasteiger partial charge in [-0.1, -0.05) is 26.8 Å². The van der Waals surface area contributed by atoms with Gasteiger partial charge in [0.25, 0.3) is 0 Å². The van der Waals surface area contributed by atoms with Crippen molar-refractivity contribution in [2.75, 3.05) is 14.2 Å². The summed E-state index contributed by atoms with van der Waals surface area (Å²) in [5.74, 6) is 0.738. The van der Waals surface area contributed by atoms with Crippen molar-refractivity contribution in [3.05, 3.63) is 40.6 Å². The zero-order valence-electron chi connectivity index (χ0n) is 14.5. The smallest absolute Gasteiger partial charge is 0.244 e. The summed E-state index contributed by atoms with van der Waals surface area (Å²) in [6.07, 6.45) is 0. The van der Waals surface area contributed by atoms with Crippen molar-refractivity contribution in [3.63, 3.8) is 0 Å². The zero-order chi connectivity index (χ0) is 18.0. The number of benzene rings is 1. The molecule has 0 spiro atoms. The third-order valence-corrected chi connectivity index (χ3v) is 6.01. The molecule has 5 nitrogen and oxygen atoms in total. The first kappa shape index (κ1) is 18.8. The van der Waals surface area contributed by atoms with Crippen LogP contribution in [0.5, 0.6) is 11.5 Å². The quantitative estimate of drug-likeness (QED) is 0.840. The van der Waals surface area contributed by atoms with Crippen molar-refractivity contribution in [2.24, 2.45) is 5.41 Å². The molecule has 1 atom stereocenters. The predicted molar refractivity (Wildman–Crippen MR) is 96.4 cm³/mol. The lowest BCUT2D eigenvalue weighted by molar-refractivity contribution is 0.307. The van der Waals surface area contributed by atoms with Gasteiger partial charge in [-0.25, -0.2) is 13.1 Å². The standard InChI is InChI=1S/C17H23NO4S2/c1-17(2,3)16(14-7-6-10-23-14)18-24(19,20)15-11-12(21-4)8-9-13(15)22-5/h6-11,16,18H,1-5H3. The van der Waals surface area contributed by atoms with Crippen molar-refractivity contribution in [1.29, 1.82) is 0 Å². The lowest BCUT2D eigenvalue weighted by atomic mass is 9.86. The van der Waals surface area contributed by atoms with Gasteiger partial charge in [-0.3, -0.25) is 0 Å². The Bertz CT molecular complexity index is 777. The first-order valence-corrected chi connectivity index (χ1v) is 9.83. The average molecular weight is 370 g/mol. The Labute approximate surface area is 147 Å². The van der Waals surface area contributed by atoms with Gasteiger partial charge in [-0.05, 0) is 29.0 Å². The molecule has 0 aliphatic heterocycles. The summed E-state index contributed by atoms with van der Waals surface area (Å²) in [5.41, 5.74) is -0.288. The molecule has 1 aromatic carbocycles. The maximum atomic E-state index is 13.0. The summed E-state index contributed by atoms with van der Waals surface area (Å²) in [5, 5.41) is 1.94. The van der Waals surface area contributed by atoms with Crippen molar-refractivity contribution in [3.8, 4) is 11.5 Å². The van der Waals surface area contributed by atoms with Crippen LogP contribution in [0.25, 0.3) is 0 Å². The summed E-state index contributed by atoms with van der Waals surface area (Å²) in [4.78, 5) is 1.03. The van der Waals surface area contributed by atoms with Gasteiger partial charge in [0, 0.05) is 10.9 Å². The Hall–Kier alpha value is -1.57. The number of rotatable bonds is 6. The van der Waals surface area contributed by atoms with E-state index < -0.39 is 10.0 Å². The van der Waals surface area contributed by atoms with Gasteiger partial charge >= 0.3 is 0 Å². The summed E-state index contributed by atoms with van der Waals surface area (Å²) in [7, 11) is -0.851. The van der Waals surface area contributed by atoms with Crippen LogP contribution in [0.2, 0.25) is 0 Å². The fourth-order valence-corrected chi connectivity index (χ4v) is 5.03. The molecule has 132 valence electrons. The number of sulfonamides is 1. The molecule has 24 heavy (non-hydrogen) atoms. The van der Waals surface area contributed by atoms with E-state index in [-0.39, 0.29) is 22.1 Å².